The van der Waals surface area contributed by atoms with E-state index in [9.17, 15) is 9.90 Å². The smallest absolute Gasteiger partial charge is 0.314 e. The lowest BCUT2D eigenvalue weighted by molar-refractivity contribution is -0.139. The number of ether oxygens (including phenoxy) is 1. The molecule has 1 aliphatic rings. The van der Waals surface area contributed by atoms with Crippen molar-refractivity contribution in [3.05, 3.63) is 60.2 Å². The molecule has 0 saturated carbocycles. The number of rotatable bonds is 4. The largest absolute Gasteiger partial charge is 0.497 e. The predicted molar refractivity (Wildman–Crippen MR) is 88.9 cm³/mol. The van der Waals surface area contributed by atoms with Crippen molar-refractivity contribution in [3.63, 3.8) is 0 Å². The monoisotopic (exact) mass is 310 g/mol. The molecule has 0 aliphatic carbocycles. The number of anilines is 1. The van der Waals surface area contributed by atoms with E-state index in [4.69, 9.17) is 4.74 Å². The number of methoxy groups -OCH3 is 1. The Hall–Kier alpha value is -2.82. The normalized spacial score (nSPS) is 20.3. The summed E-state index contributed by atoms with van der Waals surface area (Å²) >= 11 is 0. The van der Waals surface area contributed by atoms with E-state index in [1.54, 1.807) is 19.0 Å². The van der Waals surface area contributed by atoms with Gasteiger partial charge in [0.15, 0.2) is 0 Å². The Morgan fingerprint density at radius 3 is 2.57 bits per heavy atom. The van der Waals surface area contributed by atoms with Crippen LogP contribution >= 0.6 is 0 Å². The van der Waals surface area contributed by atoms with Crippen LogP contribution in [0.25, 0.3) is 0 Å². The third kappa shape index (κ3) is 2.77. The van der Waals surface area contributed by atoms with Crippen LogP contribution in [0.5, 0.6) is 5.75 Å². The maximum atomic E-state index is 11.8. The fraction of sp³-hybridized carbons (Fsp3) is 0.222. The van der Waals surface area contributed by atoms with Crippen LogP contribution in [-0.2, 0) is 4.79 Å². The van der Waals surface area contributed by atoms with E-state index < -0.39 is 17.9 Å². The summed E-state index contributed by atoms with van der Waals surface area (Å²) in [5.74, 6) is -0.871. The van der Waals surface area contributed by atoms with Gasteiger partial charge in [0.2, 0.25) is 0 Å². The molecule has 2 aromatic carbocycles. The van der Waals surface area contributed by atoms with Gasteiger partial charge in [-0.1, -0.05) is 30.3 Å². The summed E-state index contributed by atoms with van der Waals surface area (Å²) in [4.78, 5) is 11.8. The molecule has 2 aromatic rings. The van der Waals surface area contributed by atoms with Crippen molar-refractivity contribution in [2.45, 2.75) is 13.0 Å². The Bertz CT molecular complexity index is 743. The molecule has 0 spiro atoms. The number of hydrogen-bond donors (Lipinski definition) is 1. The second-order valence-corrected chi connectivity index (χ2v) is 5.46. The molecule has 0 fully saturated rings. The van der Waals surface area contributed by atoms with E-state index in [-0.39, 0.29) is 0 Å². The van der Waals surface area contributed by atoms with Gasteiger partial charge in [0, 0.05) is 0 Å². The molecule has 1 aliphatic heterocycles. The van der Waals surface area contributed by atoms with Gasteiger partial charge in [0.1, 0.15) is 11.7 Å². The molecule has 0 radical (unpaired) electrons. The predicted octanol–water partition coefficient (Wildman–Crippen LogP) is 3.33. The summed E-state index contributed by atoms with van der Waals surface area (Å²) in [6.45, 7) is 1.76. The van der Waals surface area contributed by atoms with Crippen molar-refractivity contribution in [2.75, 3.05) is 12.1 Å². The number of aliphatic carboxylic acids is 1. The number of para-hydroxylation sites is 1. The van der Waals surface area contributed by atoms with Crippen LogP contribution in [0, 0.1) is 5.92 Å². The highest BCUT2D eigenvalue weighted by molar-refractivity contribution is 6.03. The Kier molecular flexibility index (Phi) is 4.02. The number of carbonyl (C=O) groups is 1. The second kappa shape index (κ2) is 6.12. The van der Waals surface area contributed by atoms with Gasteiger partial charge in [0.25, 0.3) is 0 Å². The molecule has 2 unspecified atom stereocenters. The summed E-state index contributed by atoms with van der Waals surface area (Å²) in [5.41, 5.74) is 2.32. The second-order valence-electron chi connectivity index (χ2n) is 5.46. The first-order valence-corrected chi connectivity index (χ1v) is 7.38. The molecule has 0 bridgehead atoms. The Morgan fingerprint density at radius 2 is 1.91 bits per heavy atom. The van der Waals surface area contributed by atoms with Crippen LogP contribution in [0.1, 0.15) is 18.5 Å². The molecule has 0 aromatic heterocycles. The van der Waals surface area contributed by atoms with Gasteiger partial charge in [-0.3, -0.25) is 9.80 Å². The van der Waals surface area contributed by atoms with Gasteiger partial charge in [0.05, 0.1) is 24.6 Å². The van der Waals surface area contributed by atoms with Gasteiger partial charge in [-0.2, -0.15) is 5.10 Å². The van der Waals surface area contributed by atoms with Crippen molar-refractivity contribution in [2.24, 2.45) is 11.0 Å². The average Bonchev–Trinajstić information content (AvgIpc) is 2.93. The van der Waals surface area contributed by atoms with Crippen molar-refractivity contribution < 1.29 is 14.6 Å². The van der Waals surface area contributed by atoms with Gasteiger partial charge < -0.3 is 9.84 Å². The van der Waals surface area contributed by atoms with E-state index in [1.165, 1.54) is 0 Å². The summed E-state index contributed by atoms with van der Waals surface area (Å²) < 4.78 is 5.27. The zero-order chi connectivity index (χ0) is 16.4. The molecular weight excluding hydrogens is 292 g/mol. The van der Waals surface area contributed by atoms with Crippen molar-refractivity contribution in [1.82, 2.24) is 0 Å². The SMILES string of the molecule is COc1cccc(C2C(C(=O)O)C(C)=NN2c2ccccc2)c1. The fourth-order valence-corrected chi connectivity index (χ4v) is 2.94. The minimum Gasteiger partial charge on any atom is -0.497 e. The van der Waals surface area contributed by atoms with Crippen LogP contribution < -0.4 is 9.75 Å². The Balaban J connectivity index is 2.09. The zero-order valence-electron chi connectivity index (χ0n) is 13.0. The van der Waals surface area contributed by atoms with Crippen LogP contribution in [0.4, 0.5) is 5.69 Å². The first-order valence-electron chi connectivity index (χ1n) is 7.38. The lowest BCUT2D eigenvalue weighted by Crippen LogP contribution is -2.30. The summed E-state index contributed by atoms with van der Waals surface area (Å²) in [6.07, 6.45) is 0. The molecule has 5 nitrogen and oxygen atoms in total. The number of hydrazone groups is 1. The Labute approximate surface area is 134 Å². The summed E-state index contributed by atoms with van der Waals surface area (Å²) in [6, 6.07) is 16.7. The fourth-order valence-electron chi connectivity index (χ4n) is 2.94. The zero-order valence-corrected chi connectivity index (χ0v) is 13.0. The van der Waals surface area contributed by atoms with Crippen LogP contribution in [0.2, 0.25) is 0 Å². The standard InChI is InChI=1S/C18H18N2O3/c1-12-16(18(21)22)17(13-7-6-10-15(11-13)23-2)20(19-12)14-8-4-3-5-9-14/h3-11,16-17H,1-2H3,(H,21,22). The van der Waals surface area contributed by atoms with Crippen LogP contribution in [0.3, 0.4) is 0 Å². The quantitative estimate of drug-likeness (QED) is 0.941. The van der Waals surface area contributed by atoms with E-state index in [1.807, 2.05) is 54.6 Å². The number of hydrogen-bond acceptors (Lipinski definition) is 4. The summed E-state index contributed by atoms with van der Waals surface area (Å²) in [5, 5.41) is 16.0. The number of benzene rings is 2. The minimum absolute atomic E-state index is 0.398. The maximum Gasteiger partial charge on any atom is 0.314 e. The molecule has 0 saturated heterocycles. The number of nitrogens with zero attached hydrogens (tertiary/aromatic N) is 2. The van der Waals surface area contributed by atoms with E-state index in [0.717, 1.165) is 11.3 Å². The molecule has 0 amide bonds. The third-order valence-corrected chi connectivity index (χ3v) is 4.02. The first-order chi connectivity index (χ1) is 11.1. The van der Waals surface area contributed by atoms with Gasteiger partial charge in [-0.25, -0.2) is 0 Å². The lowest BCUT2D eigenvalue weighted by Gasteiger charge is -2.27. The first kappa shape index (κ1) is 15.1. The molecule has 5 heteroatoms. The number of carboxylic acids is 1. The van der Waals surface area contributed by atoms with E-state index >= 15 is 0 Å². The van der Waals surface area contributed by atoms with Crippen molar-refractivity contribution >= 4 is 17.4 Å². The van der Waals surface area contributed by atoms with Gasteiger partial charge in [-0.15, -0.1) is 0 Å². The average molecular weight is 310 g/mol. The molecule has 118 valence electrons. The molecule has 1 N–H and O–H groups in total. The van der Waals surface area contributed by atoms with Crippen molar-refractivity contribution in [3.8, 4) is 5.75 Å². The molecule has 2 atom stereocenters. The highest BCUT2D eigenvalue weighted by atomic mass is 16.5. The number of carboxylic acid groups (broad SMARTS) is 1. The topological polar surface area (TPSA) is 62.1 Å². The molecule has 1 heterocycles. The summed E-state index contributed by atoms with van der Waals surface area (Å²) in [7, 11) is 1.60. The Morgan fingerprint density at radius 1 is 1.17 bits per heavy atom. The highest BCUT2D eigenvalue weighted by Crippen LogP contribution is 2.40. The highest BCUT2D eigenvalue weighted by Gasteiger charge is 2.42. The van der Waals surface area contributed by atoms with E-state index in [0.29, 0.717) is 11.5 Å². The maximum absolute atomic E-state index is 11.8. The third-order valence-electron chi connectivity index (χ3n) is 4.02. The van der Waals surface area contributed by atoms with Crippen LogP contribution in [0.15, 0.2) is 59.7 Å². The lowest BCUT2D eigenvalue weighted by atomic mass is 9.90. The molecular formula is C18H18N2O3. The van der Waals surface area contributed by atoms with Crippen LogP contribution in [-0.4, -0.2) is 23.9 Å². The van der Waals surface area contributed by atoms with Crippen molar-refractivity contribution in [1.29, 1.82) is 0 Å². The van der Waals surface area contributed by atoms with Gasteiger partial charge >= 0.3 is 5.97 Å². The van der Waals surface area contributed by atoms with Gasteiger partial charge in [-0.05, 0) is 36.8 Å². The minimum atomic E-state index is -0.877. The van der Waals surface area contributed by atoms with E-state index in [2.05, 4.69) is 5.10 Å². The molecule has 3 rings (SSSR count). The molecule has 23 heavy (non-hydrogen) atoms.